The molecule has 0 aliphatic rings. The Labute approximate surface area is 152 Å². The van der Waals surface area contributed by atoms with Crippen LogP contribution in [0, 0.1) is 18.3 Å². The van der Waals surface area contributed by atoms with E-state index in [-0.39, 0.29) is 5.57 Å². The maximum absolute atomic E-state index is 12.4. The van der Waals surface area contributed by atoms with Gasteiger partial charge in [0.05, 0.1) is 21.3 Å². The van der Waals surface area contributed by atoms with E-state index in [9.17, 15) is 10.1 Å². The van der Waals surface area contributed by atoms with E-state index >= 15 is 0 Å². The summed E-state index contributed by atoms with van der Waals surface area (Å²) in [5, 5.41) is 12.1. The molecule has 0 radical (unpaired) electrons. The van der Waals surface area contributed by atoms with Crippen molar-refractivity contribution in [2.45, 2.75) is 6.92 Å². The zero-order valence-electron chi connectivity index (χ0n) is 15.1. The molecule has 0 saturated carbocycles. The first-order chi connectivity index (χ1) is 12.5. The van der Waals surface area contributed by atoms with Crippen molar-refractivity contribution in [3.05, 3.63) is 53.1 Å². The van der Waals surface area contributed by atoms with Gasteiger partial charge in [-0.3, -0.25) is 4.79 Å². The third-order valence-electron chi connectivity index (χ3n) is 3.68. The second-order valence-electron chi connectivity index (χ2n) is 5.42. The molecule has 0 atom stereocenters. The average molecular weight is 352 g/mol. The number of amides is 1. The number of hydrogen-bond acceptors (Lipinski definition) is 5. The fraction of sp³-hybridized carbons (Fsp3) is 0.200. The van der Waals surface area contributed by atoms with Gasteiger partial charge in [0.2, 0.25) is 5.75 Å². The van der Waals surface area contributed by atoms with Gasteiger partial charge in [-0.05, 0) is 42.8 Å². The summed E-state index contributed by atoms with van der Waals surface area (Å²) in [4.78, 5) is 12.4. The number of rotatable bonds is 6. The van der Waals surface area contributed by atoms with E-state index in [2.05, 4.69) is 5.32 Å². The van der Waals surface area contributed by atoms with Gasteiger partial charge in [0.15, 0.2) is 11.5 Å². The molecule has 0 unspecified atom stereocenters. The van der Waals surface area contributed by atoms with Gasteiger partial charge >= 0.3 is 0 Å². The number of ether oxygens (including phenoxy) is 3. The minimum Gasteiger partial charge on any atom is -0.493 e. The summed E-state index contributed by atoms with van der Waals surface area (Å²) in [7, 11) is 4.49. The van der Waals surface area contributed by atoms with Crippen LogP contribution in [0.5, 0.6) is 17.2 Å². The van der Waals surface area contributed by atoms with E-state index in [1.165, 1.54) is 27.4 Å². The number of nitriles is 1. The standard InChI is InChI=1S/C20H20N2O4/c1-13-6-5-7-16(10-13)22-20(23)15(12-21)11-14-8-9-17(24-2)19(26-4)18(14)25-3/h5-11H,1-4H3,(H,22,23)/b15-11+. The van der Waals surface area contributed by atoms with Gasteiger partial charge in [-0.15, -0.1) is 0 Å². The van der Waals surface area contributed by atoms with Crippen LogP contribution < -0.4 is 19.5 Å². The van der Waals surface area contributed by atoms with Crippen molar-refractivity contribution in [2.24, 2.45) is 0 Å². The van der Waals surface area contributed by atoms with Crippen LogP contribution in [-0.4, -0.2) is 27.2 Å². The van der Waals surface area contributed by atoms with Crippen molar-refractivity contribution in [2.75, 3.05) is 26.6 Å². The lowest BCUT2D eigenvalue weighted by atomic mass is 10.1. The van der Waals surface area contributed by atoms with Crippen LogP contribution in [0.25, 0.3) is 6.08 Å². The molecule has 1 amide bonds. The molecule has 6 heteroatoms. The first kappa shape index (κ1) is 18.9. The van der Waals surface area contributed by atoms with E-state index in [1.807, 2.05) is 31.2 Å². The molecule has 0 aliphatic heterocycles. The molecule has 0 saturated heterocycles. The highest BCUT2D eigenvalue weighted by Crippen LogP contribution is 2.40. The molecule has 134 valence electrons. The number of methoxy groups -OCH3 is 3. The minimum atomic E-state index is -0.505. The lowest BCUT2D eigenvalue weighted by Crippen LogP contribution is -2.13. The molecular weight excluding hydrogens is 332 g/mol. The van der Waals surface area contributed by atoms with Crippen LogP contribution in [0.2, 0.25) is 0 Å². The van der Waals surface area contributed by atoms with Crippen molar-refractivity contribution in [1.82, 2.24) is 0 Å². The van der Waals surface area contributed by atoms with E-state index in [4.69, 9.17) is 14.2 Å². The van der Waals surface area contributed by atoms with Crippen molar-refractivity contribution >= 4 is 17.7 Å². The van der Waals surface area contributed by atoms with Crippen LogP contribution in [0.1, 0.15) is 11.1 Å². The number of aryl methyl sites for hydroxylation is 1. The van der Waals surface area contributed by atoms with E-state index in [0.29, 0.717) is 28.5 Å². The monoisotopic (exact) mass is 352 g/mol. The summed E-state index contributed by atoms with van der Waals surface area (Å²) in [5.74, 6) is 0.752. The predicted octanol–water partition coefficient (Wildman–Crippen LogP) is 3.57. The Morgan fingerprint density at radius 3 is 2.38 bits per heavy atom. The number of anilines is 1. The lowest BCUT2D eigenvalue weighted by Gasteiger charge is -2.14. The van der Waals surface area contributed by atoms with Gasteiger partial charge in [0, 0.05) is 11.3 Å². The van der Waals surface area contributed by atoms with Crippen LogP contribution >= 0.6 is 0 Å². The first-order valence-corrected chi connectivity index (χ1v) is 7.82. The number of nitrogens with one attached hydrogen (secondary N) is 1. The zero-order valence-corrected chi connectivity index (χ0v) is 15.1. The highest BCUT2D eigenvalue weighted by Gasteiger charge is 2.17. The highest BCUT2D eigenvalue weighted by atomic mass is 16.5. The highest BCUT2D eigenvalue weighted by molar-refractivity contribution is 6.10. The van der Waals surface area contributed by atoms with E-state index in [1.54, 1.807) is 18.2 Å². The Morgan fingerprint density at radius 2 is 1.81 bits per heavy atom. The smallest absolute Gasteiger partial charge is 0.266 e. The van der Waals surface area contributed by atoms with Gasteiger partial charge in [0.1, 0.15) is 11.6 Å². The fourth-order valence-electron chi connectivity index (χ4n) is 2.46. The van der Waals surface area contributed by atoms with Crippen LogP contribution in [0.4, 0.5) is 5.69 Å². The average Bonchev–Trinajstić information content (AvgIpc) is 2.65. The molecule has 1 N–H and O–H groups in total. The number of benzene rings is 2. The molecule has 6 nitrogen and oxygen atoms in total. The second kappa shape index (κ2) is 8.58. The summed E-state index contributed by atoms with van der Waals surface area (Å²) < 4.78 is 15.9. The second-order valence-corrected chi connectivity index (χ2v) is 5.42. The van der Waals surface area contributed by atoms with Crippen molar-refractivity contribution < 1.29 is 19.0 Å². The summed E-state index contributed by atoms with van der Waals surface area (Å²) in [6, 6.07) is 12.6. The molecule has 0 aromatic heterocycles. The molecular formula is C20H20N2O4. The molecule has 0 aliphatic carbocycles. The summed E-state index contributed by atoms with van der Waals surface area (Å²) in [5.41, 5.74) is 2.10. The number of nitrogens with zero attached hydrogens (tertiary/aromatic N) is 1. The molecule has 2 aromatic rings. The van der Waals surface area contributed by atoms with Crippen LogP contribution in [0.15, 0.2) is 42.0 Å². The fourth-order valence-corrected chi connectivity index (χ4v) is 2.46. The van der Waals surface area contributed by atoms with Crippen LogP contribution in [0.3, 0.4) is 0 Å². The molecule has 0 heterocycles. The summed E-state index contributed by atoms with van der Waals surface area (Å²) in [6.07, 6.45) is 1.45. The Balaban J connectivity index is 2.39. The van der Waals surface area contributed by atoms with Gasteiger partial charge < -0.3 is 19.5 Å². The maximum Gasteiger partial charge on any atom is 0.266 e. The topological polar surface area (TPSA) is 80.6 Å². The zero-order chi connectivity index (χ0) is 19.1. The minimum absolute atomic E-state index is 0.0583. The Bertz CT molecular complexity index is 882. The number of carbonyl (C=O) groups is 1. The summed E-state index contributed by atoms with van der Waals surface area (Å²) >= 11 is 0. The van der Waals surface area contributed by atoms with Gasteiger partial charge in [-0.1, -0.05) is 12.1 Å². The number of hydrogen-bond donors (Lipinski definition) is 1. The summed E-state index contributed by atoms with van der Waals surface area (Å²) in [6.45, 7) is 1.92. The SMILES string of the molecule is COc1ccc(/C=C(\C#N)C(=O)Nc2cccc(C)c2)c(OC)c1OC. The van der Waals surface area contributed by atoms with Gasteiger partial charge in [-0.25, -0.2) is 0 Å². The molecule has 0 spiro atoms. The quantitative estimate of drug-likeness (QED) is 0.635. The van der Waals surface area contributed by atoms with Gasteiger partial charge in [0.25, 0.3) is 5.91 Å². The molecule has 2 rings (SSSR count). The van der Waals surface area contributed by atoms with Gasteiger partial charge in [-0.2, -0.15) is 5.26 Å². The first-order valence-electron chi connectivity index (χ1n) is 7.82. The lowest BCUT2D eigenvalue weighted by molar-refractivity contribution is -0.112. The van der Waals surface area contributed by atoms with E-state index < -0.39 is 5.91 Å². The predicted molar refractivity (Wildman–Crippen MR) is 99.5 cm³/mol. The Kier molecular flexibility index (Phi) is 6.23. The molecule has 0 bridgehead atoms. The van der Waals surface area contributed by atoms with Crippen molar-refractivity contribution in [3.63, 3.8) is 0 Å². The Morgan fingerprint density at radius 1 is 1.08 bits per heavy atom. The van der Waals surface area contributed by atoms with Crippen molar-refractivity contribution in [3.8, 4) is 23.3 Å². The largest absolute Gasteiger partial charge is 0.493 e. The third-order valence-corrected chi connectivity index (χ3v) is 3.68. The van der Waals surface area contributed by atoms with Crippen LogP contribution in [-0.2, 0) is 4.79 Å². The Hall–Kier alpha value is -3.46. The maximum atomic E-state index is 12.4. The van der Waals surface area contributed by atoms with E-state index in [0.717, 1.165) is 5.56 Å². The van der Waals surface area contributed by atoms with Crippen molar-refractivity contribution in [1.29, 1.82) is 5.26 Å². The number of carbonyl (C=O) groups excluding carboxylic acids is 1. The molecule has 26 heavy (non-hydrogen) atoms. The normalized spacial score (nSPS) is 10.7. The third kappa shape index (κ3) is 4.14. The molecule has 0 fully saturated rings. The molecule has 2 aromatic carbocycles.